The summed E-state index contributed by atoms with van der Waals surface area (Å²) in [5.41, 5.74) is 5.37. The standard InChI is InChI=1S/C10H10BrF2NO3/c1-2-16-9(15)7-5(11)3-4-6(8(7)14)17-10(12)13/h3-4,10H,2,14H2,1H3. The van der Waals surface area contributed by atoms with Crippen molar-refractivity contribution in [3.63, 3.8) is 0 Å². The minimum atomic E-state index is -3.01. The average molecular weight is 310 g/mol. The zero-order chi connectivity index (χ0) is 13.0. The lowest BCUT2D eigenvalue weighted by atomic mass is 10.1. The Labute approximate surface area is 105 Å². The fraction of sp³-hybridized carbons (Fsp3) is 0.300. The van der Waals surface area contributed by atoms with Gasteiger partial charge in [-0.05, 0) is 35.0 Å². The quantitative estimate of drug-likeness (QED) is 0.686. The first kappa shape index (κ1) is 13.7. The minimum Gasteiger partial charge on any atom is -0.462 e. The largest absolute Gasteiger partial charge is 0.462 e. The van der Waals surface area contributed by atoms with Crippen molar-refractivity contribution in [2.45, 2.75) is 13.5 Å². The van der Waals surface area contributed by atoms with Gasteiger partial charge in [-0.15, -0.1) is 0 Å². The third-order valence-electron chi connectivity index (χ3n) is 1.85. The van der Waals surface area contributed by atoms with Crippen molar-refractivity contribution in [2.24, 2.45) is 0 Å². The van der Waals surface area contributed by atoms with Crippen LogP contribution in [-0.4, -0.2) is 19.2 Å². The van der Waals surface area contributed by atoms with Crippen LogP contribution in [0.3, 0.4) is 0 Å². The molecule has 94 valence electrons. The highest BCUT2D eigenvalue weighted by atomic mass is 79.9. The molecule has 0 fully saturated rings. The number of ether oxygens (including phenoxy) is 2. The molecule has 4 nitrogen and oxygen atoms in total. The van der Waals surface area contributed by atoms with Crippen LogP contribution in [0.15, 0.2) is 16.6 Å². The molecular formula is C10H10BrF2NO3. The van der Waals surface area contributed by atoms with Crippen molar-refractivity contribution < 1.29 is 23.0 Å². The van der Waals surface area contributed by atoms with Crippen molar-refractivity contribution in [3.05, 3.63) is 22.2 Å². The molecule has 0 saturated carbocycles. The van der Waals surface area contributed by atoms with Gasteiger partial charge < -0.3 is 15.2 Å². The molecule has 0 aliphatic rings. The van der Waals surface area contributed by atoms with Gasteiger partial charge in [0.25, 0.3) is 0 Å². The first-order chi connectivity index (χ1) is 7.97. The van der Waals surface area contributed by atoms with Crippen molar-refractivity contribution in [2.75, 3.05) is 12.3 Å². The Kier molecular flexibility index (Phi) is 4.68. The highest BCUT2D eigenvalue weighted by Gasteiger charge is 2.20. The van der Waals surface area contributed by atoms with E-state index in [1.54, 1.807) is 6.92 Å². The van der Waals surface area contributed by atoms with E-state index in [4.69, 9.17) is 10.5 Å². The maximum absolute atomic E-state index is 12.1. The molecule has 0 heterocycles. The molecule has 0 saturated heterocycles. The molecule has 0 aliphatic heterocycles. The number of benzene rings is 1. The molecule has 0 aliphatic carbocycles. The summed E-state index contributed by atoms with van der Waals surface area (Å²) < 4.78 is 33.4. The first-order valence-corrected chi connectivity index (χ1v) is 5.46. The number of hydrogen-bond donors (Lipinski definition) is 1. The number of anilines is 1. The maximum Gasteiger partial charge on any atom is 0.387 e. The Bertz CT molecular complexity index is 426. The number of carbonyl (C=O) groups is 1. The van der Waals surface area contributed by atoms with Crippen molar-refractivity contribution in [1.82, 2.24) is 0 Å². The van der Waals surface area contributed by atoms with Crippen LogP contribution in [0.1, 0.15) is 17.3 Å². The van der Waals surface area contributed by atoms with Crippen LogP contribution < -0.4 is 10.5 Å². The van der Waals surface area contributed by atoms with Gasteiger partial charge in [0.1, 0.15) is 11.3 Å². The second-order valence-electron chi connectivity index (χ2n) is 2.93. The van der Waals surface area contributed by atoms with E-state index in [2.05, 4.69) is 20.7 Å². The van der Waals surface area contributed by atoms with Gasteiger partial charge >= 0.3 is 12.6 Å². The summed E-state index contributed by atoms with van der Waals surface area (Å²) in [6.45, 7) is -1.22. The van der Waals surface area contributed by atoms with Crippen LogP contribution >= 0.6 is 15.9 Å². The lowest BCUT2D eigenvalue weighted by Crippen LogP contribution is -2.12. The van der Waals surface area contributed by atoms with E-state index >= 15 is 0 Å². The molecule has 2 N–H and O–H groups in total. The average Bonchev–Trinajstić information content (AvgIpc) is 2.22. The van der Waals surface area contributed by atoms with E-state index in [0.29, 0.717) is 4.47 Å². The van der Waals surface area contributed by atoms with E-state index in [1.807, 2.05) is 0 Å². The summed E-state index contributed by atoms with van der Waals surface area (Å²) >= 11 is 3.09. The highest BCUT2D eigenvalue weighted by Crippen LogP contribution is 2.33. The predicted octanol–water partition coefficient (Wildman–Crippen LogP) is 2.81. The molecule has 0 amide bonds. The number of nitrogen functional groups attached to an aromatic ring is 1. The summed E-state index contributed by atoms with van der Waals surface area (Å²) in [6, 6.07) is 2.63. The Morgan fingerprint density at radius 2 is 2.18 bits per heavy atom. The molecule has 7 heteroatoms. The summed E-state index contributed by atoms with van der Waals surface area (Å²) in [6.07, 6.45) is 0. The van der Waals surface area contributed by atoms with E-state index in [9.17, 15) is 13.6 Å². The molecule has 0 unspecified atom stereocenters. The third kappa shape index (κ3) is 3.29. The van der Waals surface area contributed by atoms with Crippen LogP contribution in [0.2, 0.25) is 0 Å². The van der Waals surface area contributed by atoms with Gasteiger partial charge in [0.05, 0.1) is 12.3 Å². The molecule has 1 rings (SSSR count). The van der Waals surface area contributed by atoms with Gasteiger partial charge in [0.2, 0.25) is 0 Å². The normalized spacial score (nSPS) is 10.4. The molecule has 1 aromatic carbocycles. The van der Waals surface area contributed by atoms with Gasteiger partial charge in [-0.3, -0.25) is 0 Å². The van der Waals surface area contributed by atoms with E-state index in [-0.39, 0.29) is 23.6 Å². The van der Waals surface area contributed by atoms with E-state index < -0.39 is 12.6 Å². The van der Waals surface area contributed by atoms with Crippen LogP contribution in [0.4, 0.5) is 14.5 Å². The van der Waals surface area contributed by atoms with Gasteiger partial charge in [-0.2, -0.15) is 8.78 Å². The zero-order valence-corrected chi connectivity index (χ0v) is 10.5. The number of esters is 1. The molecule has 1 aromatic rings. The summed E-state index contributed by atoms with van der Waals surface area (Å²) in [7, 11) is 0. The fourth-order valence-electron chi connectivity index (χ4n) is 1.18. The van der Waals surface area contributed by atoms with Gasteiger partial charge in [0.15, 0.2) is 0 Å². The summed E-state index contributed by atoms with van der Waals surface area (Å²) in [4.78, 5) is 11.5. The summed E-state index contributed by atoms with van der Waals surface area (Å²) in [5, 5.41) is 0. The van der Waals surface area contributed by atoms with E-state index in [1.165, 1.54) is 12.1 Å². The van der Waals surface area contributed by atoms with Crippen LogP contribution in [0.5, 0.6) is 5.75 Å². The number of hydrogen-bond acceptors (Lipinski definition) is 4. The Morgan fingerprint density at radius 3 is 2.71 bits per heavy atom. The van der Waals surface area contributed by atoms with Crippen molar-refractivity contribution >= 4 is 27.6 Å². The van der Waals surface area contributed by atoms with Crippen LogP contribution in [0, 0.1) is 0 Å². The number of alkyl halides is 2. The Morgan fingerprint density at radius 1 is 1.53 bits per heavy atom. The minimum absolute atomic E-state index is 0.0231. The second-order valence-corrected chi connectivity index (χ2v) is 3.79. The number of nitrogens with two attached hydrogens (primary N) is 1. The molecule has 0 aromatic heterocycles. The number of rotatable bonds is 4. The number of carbonyl (C=O) groups excluding carboxylic acids is 1. The molecule has 0 spiro atoms. The maximum atomic E-state index is 12.1. The first-order valence-electron chi connectivity index (χ1n) is 4.67. The lowest BCUT2D eigenvalue weighted by Gasteiger charge is -2.12. The van der Waals surface area contributed by atoms with Gasteiger partial charge in [-0.1, -0.05) is 0 Å². The van der Waals surface area contributed by atoms with Gasteiger partial charge in [-0.25, -0.2) is 4.79 Å². The van der Waals surface area contributed by atoms with Gasteiger partial charge in [0, 0.05) is 4.47 Å². The van der Waals surface area contributed by atoms with Crippen molar-refractivity contribution in [1.29, 1.82) is 0 Å². The van der Waals surface area contributed by atoms with E-state index in [0.717, 1.165) is 0 Å². The Hall–Kier alpha value is -1.37. The highest BCUT2D eigenvalue weighted by molar-refractivity contribution is 9.10. The Balaban J connectivity index is 3.15. The second kappa shape index (κ2) is 5.81. The smallest absolute Gasteiger partial charge is 0.387 e. The SMILES string of the molecule is CCOC(=O)c1c(Br)ccc(OC(F)F)c1N. The topological polar surface area (TPSA) is 61.5 Å². The fourth-order valence-corrected chi connectivity index (χ4v) is 1.69. The molecule has 0 radical (unpaired) electrons. The van der Waals surface area contributed by atoms with Crippen LogP contribution in [0.25, 0.3) is 0 Å². The monoisotopic (exact) mass is 309 g/mol. The molecule has 17 heavy (non-hydrogen) atoms. The van der Waals surface area contributed by atoms with Crippen LogP contribution in [-0.2, 0) is 4.74 Å². The van der Waals surface area contributed by atoms with Crippen molar-refractivity contribution in [3.8, 4) is 5.75 Å². The zero-order valence-electron chi connectivity index (χ0n) is 8.88. The molecular weight excluding hydrogens is 300 g/mol. The summed E-state index contributed by atoms with van der Waals surface area (Å²) in [5.74, 6) is -0.956. The third-order valence-corrected chi connectivity index (χ3v) is 2.51. The predicted molar refractivity (Wildman–Crippen MR) is 61.1 cm³/mol. The lowest BCUT2D eigenvalue weighted by molar-refractivity contribution is -0.0494. The molecule has 0 atom stereocenters. The number of halogens is 3. The molecule has 0 bridgehead atoms.